The first-order chi connectivity index (χ1) is 15.7. The van der Waals surface area contributed by atoms with E-state index in [4.69, 9.17) is 19.3 Å². The van der Waals surface area contributed by atoms with Gasteiger partial charge in [0.1, 0.15) is 0 Å². The minimum Gasteiger partial charge on any atom is -0.493 e. The number of morpholine rings is 1. The zero-order chi connectivity index (χ0) is 22.3. The second-order valence-corrected chi connectivity index (χ2v) is 8.68. The standard InChI is InChI=1S/C23H30N4O4S/c1-29-20-6-5-17(14-21(20)30-2)19-15-18(22-4-3-13-32-22)25-27(19)23(28)16-24-7-8-26-9-11-31-12-10-26/h3-6,13-14,19,24H,7-12,15-16H2,1-2H3. The molecule has 1 atom stereocenters. The number of nitrogens with zero attached hydrogens (tertiary/aromatic N) is 3. The second kappa shape index (κ2) is 10.9. The maximum atomic E-state index is 13.1. The van der Waals surface area contributed by atoms with E-state index in [0.29, 0.717) is 17.9 Å². The Labute approximate surface area is 192 Å². The Morgan fingerprint density at radius 1 is 1.22 bits per heavy atom. The Hall–Kier alpha value is -2.46. The molecule has 1 aromatic heterocycles. The van der Waals surface area contributed by atoms with Gasteiger partial charge in [-0.1, -0.05) is 12.1 Å². The maximum Gasteiger partial charge on any atom is 0.257 e. The molecule has 2 aliphatic heterocycles. The number of hydrogen-bond donors (Lipinski definition) is 1. The summed E-state index contributed by atoms with van der Waals surface area (Å²) in [6.07, 6.45) is 0.662. The van der Waals surface area contributed by atoms with Crippen LogP contribution >= 0.6 is 11.3 Å². The highest BCUT2D eigenvalue weighted by molar-refractivity contribution is 7.12. The van der Waals surface area contributed by atoms with E-state index in [1.54, 1.807) is 30.6 Å². The molecule has 0 spiro atoms. The largest absolute Gasteiger partial charge is 0.493 e. The minimum absolute atomic E-state index is 0.0432. The zero-order valence-electron chi connectivity index (χ0n) is 18.6. The van der Waals surface area contributed by atoms with Crippen molar-refractivity contribution in [1.29, 1.82) is 0 Å². The molecule has 4 rings (SSSR count). The van der Waals surface area contributed by atoms with E-state index in [2.05, 4.69) is 10.2 Å². The third-order valence-electron chi connectivity index (χ3n) is 5.75. The molecule has 1 aromatic carbocycles. The van der Waals surface area contributed by atoms with Gasteiger partial charge in [0.2, 0.25) is 0 Å². The summed E-state index contributed by atoms with van der Waals surface area (Å²) >= 11 is 1.64. The molecule has 32 heavy (non-hydrogen) atoms. The van der Waals surface area contributed by atoms with Crippen molar-refractivity contribution in [2.75, 3.05) is 60.2 Å². The van der Waals surface area contributed by atoms with Crippen LogP contribution in [0.25, 0.3) is 0 Å². The third kappa shape index (κ3) is 5.29. The summed E-state index contributed by atoms with van der Waals surface area (Å²) in [5.41, 5.74) is 1.90. The van der Waals surface area contributed by atoms with E-state index in [-0.39, 0.29) is 18.5 Å². The molecule has 1 amide bonds. The van der Waals surface area contributed by atoms with Crippen molar-refractivity contribution in [3.05, 3.63) is 46.2 Å². The molecule has 1 fully saturated rings. The molecule has 172 valence electrons. The van der Waals surface area contributed by atoms with Gasteiger partial charge in [-0.2, -0.15) is 5.10 Å². The first-order valence-corrected chi connectivity index (χ1v) is 11.7. The highest BCUT2D eigenvalue weighted by atomic mass is 32.1. The number of amides is 1. The van der Waals surface area contributed by atoms with Crippen LogP contribution in [0.1, 0.15) is 22.9 Å². The summed E-state index contributed by atoms with van der Waals surface area (Å²) in [7, 11) is 3.23. The molecule has 8 nitrogen and oxygen atoms in total. The molecular formula is C23H30N4O4S. The SMILES string of the molecule is COc1ccc(C2CC(c3cccs3)=NN2C(=O)CNCCN2CCOCC2)cc1OC. The van der Waals surface area contributed by atoms with Crippen LogP contribution in [0.3, 0.4) is 0 Å². The summed E-state index contributed by atoms with van der Waals surface area (Å²) in [4.78, 5) is 16.6. The second-order valence-electron chi connectivity index (χ2n) is 7.73. The van der Waals surface area contributed by atoms with Gasteiger partial charge in [-0.3, -0.25) is 9.69 Å². The lowest BCUT2D eigenvalue weighted by molar-refractivity contribution is -0.132. The van der Waals surface area contributed by atoms with E-state index < -0.39 is 0 Å². The van der Waals surface area contributed by atoms with Crippen molar-refractivity contribution in [3.8, 4) is 11.5 Å². The van der Waals surface area contributed by atoms with Crippen LogP contribution in [-0.2, 0) is 9.53 Å². The van der Waals surface area contributed by atoms with Crippen molar-refractivity contribution in [2.45, 2.75) is 12.5 Å². The smallest absolute Gasteiger partial charge is 0.257 e. The predicted octanol–water partition coefficient (Wildman–Crippen LogP) is 2.36. The molecule has 0 bridgehead atoms. The quantitative estimate of drug-likeness (QED) is 0.582. The van der Waals surface area contributed by atoms with E-state index >= 15 is 0 Å². The van der Waals surface area contributed by atoms with E-state index in [9.17, 15) is 4.79 Å². The summed E-state index contributed by atoms with van der Waals surface area (Å²) < 4.78 is 16.2. The molecule has 0 aliphatic carbocycles. The summed E-state index contributed by atoms with van der Waals surface area (Å²) in [5, 5.41) is 11.7. The monoisotopic (exact) mass is 458 g/mol. The topological polar surface area (TPSA) is 75.6 Å². The van der Waals surface area contributed by atoms with Gasteiger partial charge in [0.25, 0.3) is 5.91 Å². The molecule has 1 N–H and O–H groups in total. The zero-order valence-corrected chi connectivity index (χ0v) is 19.4. The summed E-state index contributed by atoms with van der Waals surface area (Å²) in [5.74, 6) is 1.26. The highest BCUT2D eigenvalue weighted by Crippen LogP contribution is 2.37. The van der Waals surface area contributed by atoms with Gasteiger partial charge in [0.05, 0.1) is 50.6 Å². The third-order valence-corrected chi connectivity index (χ3v) is 6.67. The summed E-state index contributed by atoms with van der Waals surface area (Å²) in [6, 6.07) is 9.66. The number of carbonyl (C=O) groups excluding carboxylic acids is 1. The number of thiophene rings is 1. The van der Waals surface area contributed by atoms with Crippen LogP contribution in [-0.4, -0.2) is 81.7 Å². The molecule has 9 heteroatoms. The number of rotatable bonds is 9. The molecule has 1 unspecified atom stereocenters. The Kier molecular flexibility index (Phi) is 7.75. The van der Waals surface area contributed by atoms with Crippen molar-refractivity contribution in [3.63, 3.8) is 0 Å². The van der Waals surface area contributed by atoms with E-state index in [1.165, 1.54) is 0 Å². The Morgan fingerprint density at radius 3 is 2.75 bits per heavy atom. The molecule has 2 aliphatic rings. The maximum absolute atomic E-state index is 13.1. The average Bonchev–Trinajstić information content (AvgIpc) is 3.52. The molecule has 2 aromatic rings. The van der Waals surface area contributed by atoms with Crippen molar-refractivity contribution < 1.29 is 19.0 Å². The lowest BCUT2D eigenvalue weighted by Crippen LogP contribution is -2.42. The first-order valence-electron chi connectivity index (χ1n) is 10.9. The van der Waals surface area contributed by atoms with Gasteiger partial charge < -0.3 is 19.5 Å². The lowest BCUT2D eigenvalue weighted by Gasteiger charge is -2.27. The predicted molar refractivity (Wildman–Crippen MR) is 125 cm³/mol. The van der Waals surface area contributed by atoms with Crippen LogP contribution in [0.5, 0.6) is 11.5 Å². The molecular weight excluding hydrogens is 428 g/mol. The van der Waals surface area contributed by atoms with Crippen LogP contribution in [0, 0.1) is 0 Å². The Morgan fingerprint density at radius 2 is 2.03 bits per heavy atom. The first kappa shape index (κ1) is 22.7. The fraction of sp³-hybridized carbons (Fsp3) is 0.478. The van der Waals surface area contributed by atoms with Crippen molar-refractivity contribution in [2.24, 2.45) is 5.10 Å². The number of hydrogen-bond acceptors (Lipinski definition) is 8. The Bertz CT molecular complexity index is 928. The minimum atomic E-state index is -0.180. The van der Waals surface area contributed by atoms with Crippen LogP contribution in [0.15, 0.2) is 40.8 Å². The fourth-order valence-corrected chi connectivity index (χ4v) is 4.71. The van der Waals surface area contributed by atoms with Gasteiger partial charge in [-0.05, 0) is 29.1 Å². The van der Waals surface area contributed by atoms with Gasteiger partial charge in [-0.15, -0.1) is 11.3 Å². The van der Waals surface area contributed by atoms with Crippen LogP contribution in [0.4, 0.5) is 0 Å². The fourth-order valence-electron chi connectivity index (χ4n) is 3.99. The summed E-state index contributed by atoms with van der Waals surface area (Å²) in [6.45, 7) is 5.34. The van der Waals surface area contributed by atoms with Crippen LogP contribution < -0.4 is 14.8 Å². The number of carbonyl (C=O) groups is 1. The number of nitrogens with one attached hydrogen (secondary N) is 1. The van der Waals surface area contributed by atoms with Crippen LogP contribution in [0.2, 0.25) is 0 Å². The van der Waals surface area contributed by atoms with Gasteiger partial charge >= 0.3 is 0 Å². The molecule has 0 radical (unpaired) electrons. The number of methoxy groups -OCH3 is 2. The van der Waals surface area contributed by atoms with E-state index in [1.807, 2.05) is 35.7 Å². The number of ether oxygens (including phenoxy) is 3. The Balaban J connectivity index is 1.45. The highest BCUT2D eigenvalue weighted by Gasteiger charge is 2.33. The van der Waals surface area contributed by atoms with Gasteiger partial charge in [-0.25, -0.2) is 5.01 Å². The normalized spacial score (nSPS) is 19.1. The number of benzene rings is 1. The average molecular weight is 459 g/mol. The number of hydrazone groups is 1. The molecule has 1 saturated heterocycles. The molecule has 3 heterocycles. The molecule has 0 saturated carbocycles. The van der Waals surface area contributed by atoms with Gasteiger partial charge in [0.15, 0.2) is 11.5 Å². The lowest BCUT2D eigenvalue weighted by atomic mass is 10.0. The van der Waals surface area contributed by atoms with Gasteiger partial charge in [0, 0.05) is 32.6 Å². The van der Waals surface area contributed by atoms with Crippen molar-refractivity contribution >= 4 is 23.0 Å². The van der Waals surface area contributed by atoms with E-state index in [0.717, 1.165) is 55.5 Å². The van der Waals surface area contributed by atoms with Crippen molar-refractivity contribution in [1.82, 2.24) is 15.2 Å².